The molecular formula is C23H27NO5. The van der Waals surface area contributed by atoms with Crippen LogP contribution in [0.15, 0.2) is 53.0 Å². The van der Waals surface area contributed by atoms with Crippen LogP contribution in [0.4, 0.5) is 0 Å². The molecule has 1 aromatic carbocycles. The highest BCUT2D eigenvalue weighted by atomic mass is 16.6. The van der Waals surface area contributed by atoms with E-state index in [1.165, 1.54) is 7.11 Å². The second-order valence-corrected chi connectivity index (χ2v) is 7.17. The van der Waals surface area contributed by atoms with Crippen LogP contribution in [0, 0.1) is 5.41 Å². The molecule has 0 N–H and O–H groups in total. The van der Waals surface area contributed by atoms with Gasteiger partial charge in [0.15, 0.2) is 5.76 Å². The lowest BCUT2D eigenvalue weighted by atomic mass is 9.76. The van der Waals surface area contributed by atoms with Gasteiger partial charge in [0.25, 0.3) is 11.9 Å². The molecule has 0 unspecified atom stereocenters. The fourth-order valence-electron chi connectivity index (χ4n) is 3.69. The van der Waals surface area contributed by atoms with Gasteiger partial charge >= 0.3 is 5.97 Å². The van der Waals surface area contributed by atoms with Gasteiger partial charge in [0.2, 0.25) is 0 Å². The first-order chi connectivity index (χ1) is 14.1. The zero-order chi connectivity index (χ0) is 20.7. The van der Waals surface area contributed by atoms with Gasteiger partial charge in [-0.15, -0.1) is 0 Å². The minimum Gasteiger partial charge on any atom is -0.468 e. The molecule has 1 aliphatic heterocycles. The fraction of sp³-hybridized carbons (Fsp3) is 0.391. The number of allylic oxidation sites excluding steroid dienone is 1. The van der Waals surface area contributed by atoms with Crippen LogP contribution in [-0.2, 0) is 9.53 Å². The molecule has 0 radical (unpaired) electrons. The number of carbonyl (C=O) groups is 2. The molecule has 1 aromatic heterocycles. The zero-order valence-corrected chi connectivity index (χ0v) is 16.9. The smallest absolute Gasteiger partial charge is 0.314 e. The van der Waals surface area contributed by atoms with E-state index < -0.39 is 5.41 Å². The van der Waals surface area contributed by atoms with Crippen LogP contribution in [0.3, 0.4) is 0 Å². The topological polar surface area (TPSA) is 69.0 Å². The number of ether oxygens (including phenoxy) is 2. The highest BCUT2D eigenvalue weighted by molar-refractivity contribution is 5.92. The summed E-state index contributed by atoms with van der Waals surface area (Å²) in [5.41, 5.74) is 0.309. The van der Waals surface area contributed by atoms with Crippen LogP contribution in [-0.4, -0.2) is 43.6 Å². The number of rotatable bonds is 7. The first-order valence-electron chi connectivity index (χ1n) is 9.90. The van der Waals surface area contributed by atoms with Gasteiger partial charge in [0.1, 0.15) is 0 Å². The van der Waals surface area contributed by atoms with Gasteiger partial charge in [-0.3, -0.25) is 9.59 Å². The monoisotopic (exact) mass is 397 g/mol. The third-order valence-corrected chi connectivity index (χ3v) is 5.18. The largest absolute Gasteiger partial charge is 0.468 e. The van der Waals surface area contributed by atoms with Crippen LogP contribution >= 0.6 is 0 Å². The Kier molecular flexibility index (Phi) is 6.75. The van der Waals surface area contributed by atoms with Crippen LogP contribution in [0.5, 0.6) is 5.95 Å². The predicted molar refractivity (Wildman–Crippen MR) is 110 cm³/mol. The second kappa shape index (κ2) is 9.45. The highest BCUT2D eigenvalue weighted by Crippen LogP contribution is 2.36. The van der Waals surface area contributed by atoms with Crippen molar-refractivity contribution in [3.63, 3.8) is 0 Å². The van der Waals surface area contributed by atoms with Gasteiger partial charge in [0, 0.05) is 19.2 Å². The van der Waals surface area contributed by atoms with E-state index in [1.807, 2.05) is 42.5 Å². The lowest BCUT2D eigenvalue weighted by Crippen LogP contribution is -2.50. The van der Waals surface area contributed by atoms with E-state index in [-0.39, 0.29) is 23.6 Å². The molecule has 3 rings (SSSR count). The molecule has 6 nitrogen and oxygen atoms in total. The molecule has 1 atom stereocenters. The zero-order valence-electron chi connectivity index (χ0n) is 16.9. The maximum atomic E-state index is 12.9. The number of hydrogen-bond donors (Lipinski definition) is 0. The maximum absolute atomic E-state index is 12.9. The van der Waals surface area contributed by atoms with Crippen LogP contribution in [0.1, 0.15) is 42.3 Å². The number of furan rings is 1. The number of amides is 1. The summed E-state index contributed by atoms with van der Waals surface area (Å²) in [7, 11) is 1.48. The first-order valence-corrected chi connectivity index (χ1v) is 9.90. The lowest BCUT2D eigenvalue weighted by Gasteiger charge is -2.40. The average Bonchev–Trinajstić information content (AvgIpc) is 3.23. The van der Waals surface area contributed by atoms with Crippen LogP contribution in [0.2, 0.25) is 0 Å². The summed E-state index contributed by atoms with van der Waals surface area (Å²) in [6, 6.07) is 13.1. The number of piperidine rings is 1. The summed E-state index contributed by atoms with van der Waals surface area (Å²) in [5.74, 6) is -0.00454. The number of benzene rings is 1. The van der Waals surface area contributed by atoms with Crippen molar-refractivity contribution in [2.75, 3.05) is 26.8 Å². The van der Waals surface area contributed by atoms with Crippen molar-refractivity contribution in [3.8, 4) is 5.95 Å². The van der Waals surface area contributed by atoms with Crippen molar-refractivity contribution in [3.05, 3.63) is 59.9 Å². The van der Waals surface area contributed by atoms with Crippen LogP contribution < -0.4 is 4.74 Å². The van der Waals surface area contributed by atoms with E-state index in [2.05, 4.69) is 0 Å². The fourth-order valence-corrected chi connectivity index (χ4v) is 3.69. The molecule has 1 fully saturated rings. The predicted octanol–water partition coefficient (Wildman–Crippen LogP) is 4.18. The molecule has 2 aromatic rings. The minimum absolute atomic E-state index is 0.210. The average molecular weight is 397 g/mol. The van der Waals surface area contributed by atoms with Gasteiger partial charge in [-0.05, 0) is 37.8 Å². The summed E-state index contributed by atoms with van der Waals surface area (Å²) in [6.07, 6.45) is 5.90. The van der Waals surface area contributed by atoms with Crippen molar-refractivity contribution in [2.45, 2.75) is 26.2 Å². The Bertz CT molecular complexity index is 857. The van der Waals surface area contributed by atoms with Gasteiger partial charge in [-0.25, -0.2) is 0 Å². The van der Waals surface area contributed by atoms with E-state index in [0.717, 1.165) is 12.0 Å². The Morgan fingerprint density at radius 2 is 2.00 bits per heavy atom. The maximum Gasteiger partial charge on any atom is 0.314 e. The molecule has 1 saturated heterocycles. The third-order valence-electron chi connectivity index (χ3n) is 5.18. The summed E-state index contributed by atoms with van der Waals surface area (Å²) in [5, 5.41) is 0. The summed E-state index contributed by atoms with van der Waals surface area (Å²) in [6.45, 7) is 2.98. The molecule has 0 spiro atoms. The van der Waals surface area contributed by atoms with Crippen molar-refractivity contribution in [2.24, 2.45) is 5.41 Å². The number of esters is 1. The van der Waals surface area contributed by atoms with Crippen LogP contribution in [0.25, 0.3) is 6.08 Å². The van der Waals surface area contributed by atoms with Crippen molar-refractivity contribution < 1.29 is 23.5 Å². The molecule has 1 amide bonds. The summed E-state index contributed by atoms with van der Waals surface area (Å²) < 4.78 is 15.8. The van der Waals surface area contributed by atoms with Crippen molar-refractivity contribution >= 4 is 18.0 Å². The Morgan fingerprint density at radius 1 is 1.21 bits per heavy atom. The minimum atomic E-state index is -0.758. The summed E-state index contributed by atoms with van der Waals surface area (Å²) >= 11 is 0. The quantitative estimate of drug-likeness (QED) is 0.656. The SMILES string of the molecule is CCOC(=O)[C@@]1(C/C=C/c2ccccc2)CCCN(C(=O)c2ccc(OC)o2)C1. The van der Waals surface area contributed by atoms with E-state index in [1.54, 1.807) is 24.0 Å². The van der Waals surface area contributed by atoms with Crippen molar-refractivity contribution in [1.82, 2.24) is 4.90 Å². The van der Waals surface area contributed by atoms with E-state index in [4.69, 9.17) is 13.9 Å². The van der Waals surface area contributed by atoms with Gasteiger partial charge in [-0.2, -0.15) is 0 Å². The Labute approximate surface area is 171 Å². The third kappa shape index (κ3) is 4.88. The van der Waals surface area contributed by atoms with E-state index in [9.17, 15) is 9.59 Å². The number of carbonyl (C=O) groups excluding carboxylic acids is 2. The second-order valence-electron chi connectivity index (χ2n) is 7.17. The molecule has 0 bridgehead atoms. The standard InChI is InChI=1S/C23H27NO5/c1-3-28-22(26)23(14-7-11-18-9-5-4-6-10-18)15-8-16-24(17-23)21(25)19-12-13-20(27-2)29-19/h4-7,9-13H,3,8,14-17H2,1-2H3/b11-7+/t23-/m0/s1. The van der Waals surface area contributed by atoms with Crippen molar-refractivity contribution in [1.29, 1.82) is 0 Å². The Hall–Kier alpha value is -3.02. The van der Waals surface area contributed by atoms with E-state index in [0.29, 0.717) is 32.5 Å². The number of nitrogens with zero attached hydrogens (tertiary/aromatic N) is 1. The normalized spacial score (nSPS) is 19.3. The molecule has 1 aliphatic rings. The highest BCUT2D eigenvalue weighted by Gasteiger charge is 2.44. The molecule has 0 saturated carbocycles. The molecule has 29 heavy (non-hydrogen) atoms. The molecular weight excluding hydrogens is 370 g/mol. The first kappa shape index (κ1) is 20.7. The lowest BCUT2D eigenvalue weighted by molar-refractivity contribution is -0.158. The molecule has 154 valence electrons. The van der Waals surface area contributed by atoms with E-state index >= 15 is 0 Å². The Morgan fingerprint density at radius 3 is 2.69 bits per heavy atom. The number of methoxy groups -OCH3 is 1. The molecule has 6 heteroatoms. The van der Waals surface area contributed by atoms with Gasteiger partial charge < -0.3 is 18.8 Å². The van der Waals surface area contributed by atoms with Gasteiger partial charge in [0.05, 0.1) is 19.1 Å². The summed E-state index contributed by atoms with van der Waals surface area (Å²) in [4.78, 5) is 27.5. The van der Waals surface area contributed by atoms with Gasteiger partial charge in [-0.1, -0.05) is 42.5 Å². The Balaban J connectivity index is 1.78. The molecule has 0 aliphatic carbocycles. The number of likely N-dealkylation sites (tertiary alicyclic amines) is 1. The molecule has 2 heterocycles. The number of hydrogen-bond acceptors (Lipinski definition) is 5.